The minimum Gasteiger partial charge on any atom is -0.381 e. The fourth-order valence-electron chi connectivity index (χ4n) is 2.50. The third-order valence-electron chi connectivity index (χ3n) is 3.65. The Labute approximate surface area is 116 Å². The summed E-state index contributed by atoms with van der Waals surface area (Å²) in [4.78, 5) is 2.38. The van der Waals surface area contributed by atoms with E-state index in [1.165, 1.54) is 18.4 Å². The summed E-state index contributed by atoms with van der Waals surface area (Å²) in [5.74, 6) is 0.738. The molecule has 106 valence electrons. The zero-order chi connectivity index (χ0) is 13.3. The Morgan fingerprint density at radius 1 is 1.32 bits per heavy atom. The van der Waals surface area contributed by atoms with Crippen molar-refractivity contribution in [2.45, 2.75) is 19.4 Å². The number of nitrogens with one attached hydrogen (secondary N) is 1. The maximum absolute atomic E-state index is 5.37. The van der Waals surface area contributed by atoms with Crippen molar-refractivity contribution in [3.63, 3.8) is 0 Å². The van der Waals surface area contributed by atoms with Crippen LogP contribution in [0.15, 0.2) is 30.3 Å². The molecule has 1 aliphatic heterocycles. The van der Waals surface area contributed by atoms with Gasteiger partial charge in [-0.05, 0) is 44.5 Å². The molecule has 0 radical (unpaired) electrons. The Kier molecular flexibility index (Phi) is 6.34. The zero-order valence-corrected chi connectivity index (χ0v) is 12.0. The maximum Gasteiger partial charge on any atom is 0.0507 e. The minimum absolute atomic E-state index is 0.738. The van der Waals surface area contributed by atoms with E-state index in [2.05, 4.69) is 47.6 Å². The Balaban J connectivity index is 1.50. The van der Waals surface area contributed by atoms with Crippen molar-refractivity contribution in [1.29, 1.82) is 0 Å². The lowest BCUT2D eigenvalue weighted by Gasteiger charge is -2.17. The van der Waals surface area contributed by atoms with Crippen LogP contribution in [0, 0.1) is 5.92 Å². The predicted molar refractivity (Wildman–Crippen MR) is 79.2 cm³/mol. The average molecular weight is 262 g/mol. The highest BCUT2D eigenvalue weighted by molar-refractivity contribution is 5.14. The minimum atomic E-state index is 0.738. The molecule has 1 aliphatic rings. The molecule has 2 rings (SSSR count). The Bertz CT molecular complexity index is 336. The smallest absolute Gasteiger partial charge is 0.0507 e. The van der Waals surface area contributed by atoms with Gasteiger partial charge in [0.05, 0.1) is 6.61 Å². The number of benzene rings is 1. The normalized spacial score (nSPS) is 19.2. The molecular weight excluding hydrogens is 236 g/mol. The molecule has 1 N–H and O–H groups in total. The predicted octanol–water partition coefficient (Wildman–Crippen LogP) is 2.13. The molecule has 0 bridgehead atoms. The molecule has 1 fully saturated rings. The fraction of sp³-hybridized carbons (Fsp3) is 0.625. The van der Waals surface area contributed by atoms with Crippen LogP contribution in [0.3, 0.4) is 0 Å². The summed E-state index contributed by atoms with van der Waals surface area (Å²) in [6.07, 6.45) is 2.43. The van der Waals surface area contributed by atoms with Crippen LogP contribution in [-0.2, 0) is 11.3 Å². The van der Waals surface area contributed by atoms with Crippen LogP contribution in [-0.4, -0.2) is 44.8 Å². The first-order valence-electron chi connectivity index (χ1n) is 7.35. The lowest BCUT2D eigenvalue weighted by Crippen LogP contribution is -2.27. The van der Waals surface area contributed by atoms with Gasteiger partial charge in [-0.3, -0.25) is 0 Å². The van der Waals surface area contributed by atoms with Gasteiger partial charge in [0.15, 0.2) is 0 Å². The van der Waals surface area contributed by atoms with Crippen LogP contribution >= 0.6 is 0 Å². The lowest BCUT2D eigenvalue weighted by atomic mass is 10.1. The number of ether oxygens (including phenoxy) is 1. The maximum atomic E-state index is 5.37. The van der Waals surface area contributed by atoms with Crippen LogP contribution in [0.2, 0.25) is 0 Å². The molecule has 1 saturated heterocycles. The molecule has 1 aromatic carbocycles. The summed E-state index contributed by atoms with van der Waals surface area (Å²) >= 11 is 0. The van der Waals surface area contributed by atoms with E-state index < -0.39 is 0 Å². The average Bonchev–Trinajstić information content (AvgIpc) is 2.92. The summed E-state index contributed by atoms with van der Waals surface area (Å²) in [5, 5.41) is 3.54. The van der Waals surface area contributed by atoms with Gasteiger partial charge in [0.25, 0.3) is 0 Å². The van der Waals surface area contributed by atoms with Gasteiger partial charge in [0.2, 0.25) is 0 Å². The number of hydrogen-bond donors (Lipinski definition) is 1. The molecular formula is C16H26N2O. The van der Waals surface area contributed by atoms with E-state index in [-0.39, 0.29) is 0 Å². The van der Waals surface area contributed by atoms with E-state index >= 15 is 0 Å². The van der Waals surface area contributed by atoms with Crippen molar-refractivity contribution < 1.29 is 4.74 Å². The van der Waals surface area contributed by atoms with Gasteiger partial charge in [-0.2, -0.15) is 0 Å². The summed E-state index contributed by atoms with van der Waals surface area (Å²) in [7, 11) is 2.19. The first kappa shape index (κ1) is 14.5. The number of hydrogen-bond acceptors (Lipinski definition) is 3. The summed E-state index contributed by atoms with van der Waals surface area (Å²) in [6.45, 7) is 6.30. The highest BCUT2D eigenvalue weighted by Gasteiger charge is 2.14. The molecule has 3 heteroatoms. The van der Waals surface area contributed by atoms with Crippen molar-refractivity contribution in [1.82, 2.24) is 10.2 Å². The van der Waals surface area contributed by atoms with Gasteiger partial charge in [-0.15, -0.1) is 0 Å². The van der Waals surface area contributed by atoms with Gasteiger partial charge in [-0.25, -0.2) is 0 Å². The second-order valence-corrected chi connectivity index (χ2v) is 5.51. The van der Waals surface area contributed by atoms with Crippen molar-refractivity contribution >= 4 is 0 Å². The van der Waals surface area contributed by atoms with Crippen molar-refractivity contribution in [3.05, 3.63) is 35.9 Å². The molecule has 1 unspecified atom stereocenters. The topological polar surface area (TPSA) is 24.5 Å². The third kappa shape index (κ3) is 5.72. The summed E-state index contributed by atoms with van der Waals surface area (Å²) in [6, 6.07) is 10.7. The molecule has 1 heterocycles. The Morgan fingerprint density at radius 3 is 2.89 bits per heavy atom. The molecule has 1 atom stereocenters. The van der Waals surface area contributed by atoms with E-state index in [0.717, 1.165) is 45.3 Å². The van der Waals surface area contributed by atoms with E-state index in [9.17, 15) is 0 Å². The second-order valence-electron chi connectivity index (χ2n) is 5.51. The van der Waals surface area contributed by atoms with Gasteiger partial charge in [-0.1, -0.05) is 30.3 Å². The summed E-state index contributed by atoms with van der Waals surface area (Å²) < 4.78 is 5.37. The molecule has 0 spiro atoms. The zero-order valence-electron chi connectivity index (χ0n) is 12.0. The standard InChI is InChI=1S/C16H26N2O/c1-18(13-15-6-3-2-4-7-15)10-5-9-17-12-16-8-11-19-14-16/h2-4,6-7,16-17H,5,8-14H2,1H3. The van der Waals surface area contributed by atoms with Crippen LogP contribution < -0.4 is 5.32 Å². The third-order valence-corrected chi connectivity index (χ3v) is 3.65. The number of rotatable bonds is 8. The van der Waals surface area contributed by atoms with Crippen molar-refractivity contribution in [3.8, 4) is 0 Å². The van der Waals surface area contributed by atoms with Crippen LogP contribution in [0.25, 0.3) is 0 Å². The van der Waals surface area contributed by atoms with Gasteiger partial charge >= 0.3 is 0 Å². The monoisotopic (exact) mass is 262 g/mol. The van der Waals surface area contributed by atoms with Crippen LogP contribution in [0.1, 0.15) is 18.4 Å². The highest BCUT2D eigenvalue weighted by atomic mass is 16.5. The van der Waals surface area contributed by atoms with E-state index in [0.29, 0.717) is 0 Å². The van der Waals surface area contributed by atoms with E-state index in [1.54, 1.807) is 0 Å². The lowest BCUT2D eigenvalue weighted by molar-refractivity contribution is 0.185. The quantitative estimate of drug-likeness (QED) is 0.726. The van der Waals surface area contributed by atoms with Crippen LogP contribution in [0.5, 0.6) is 0 Å². The molecule has 1 aromatic rings. The second kappa shape index (κ2) is 8.31. The Morgan fingerprint density at radius 2 is 2.16 bits per heavy atom. The highest BCUT2D eigenvalue weighted by Crippen LogP contribution is 2.10. The van der Waals surface area contributed by atoms with Crippen molar-refractivity contribution in [2.75, 3.05) is 39.9 Å². The summed E-state index contributed by atoms with van der Waals surface area (Å²) in [5.41, 5.74) is 1.39. The van der Waals surface area contributed by atoms with Gasteiger partial charge in [0, 0.05) is 19.7 Å². The fourth-order valence-corrected chi connectivity index (χ4v) is 2.50. The first-order chi connectivity index (χ1) is 9.34. The first-order valence-corrected chi connectivity index (χ1v) is 7.35. The van der Waals surface area contributed by atoms with Gasteiger partial charge in [0.1, 0.15) is 0 Å². The van der Waals surface area contributed by atoms with Crippen molar-refractivity contribution in [2.24, 2.45) is 5.92 Å². The van der Waals surface area contributed by atoms with Crippen LogP contribution in [0.4, 0.5) is 0 Å². The van der Waals surface area contributed by atoms with Gasteiger partial charge < -0.3 is 15.0 Å². The molecule has 0 amide bonds. The largest absolute Gasteiger partial charge is 0.381 e. The Hall–Kier alpha value is -0.900. The molecule has 0 aromatic heterocycles. The molecule has 0 aliphatic carbocycles. The molecule has 3 nitrogen and oxygen atoms in total. The van der Waals surface area contributed by atoms with E-state index in [1.807, 2.05) is 0 Å². The SMILES string of the molecule is CN(CCCNCC1CCOC1)Cc1ccccc1. The number of nitrogens with zero attached hydrogens (tertiary/aromatic N) is 1. The molecule has 19 heavy (non-hydrogen) atoms. The molecule has 0 saturated carbocycles. The van der Waals surface area contributed by atoms with E-state index in [4.69, 9.17) is 4.74 Å².